The van der Waals surface area contributed by atoms with Crippen molar-refractivity contribution in [2.75, 3.05) is 12.3 Å². The third kappa shape index (κ3) is 2.81. The lowest BCUT2D eigenvalue weighted by Gasteiger charge is -2.28. The molecule has 0 aliphatic heterocycles. The van der Waals surface area contributed by atoms with Crippen LogP contribution in [0.15, 0.2) is 12.1 Å². The Morgan fingerprint density at radius 3 is 2.62 bits per heavy atom. The number of benzene rings is 1. The predicted octanol–water partition coefficient (Wildman–Crippen LogP) is 2.72. The molecule has 2 N–H and O–H groups in total. The van der Waals surface area contributed by atoms with Crippen molar-refractivity contribution in [3.8, 4) is 0 Å². The van der Waals surface area contributed by atoms with Crippen molar-refractivity contribution >= 4 is 17.3 Å². The fourth-order valence-electron chi connectivity index (χ4n) is 2.89. The van der Waals surface area contributed by atoms with Gasteiger partial charge in [0, 0.05) is 18.7 Å². The summed E-state index contributed by atoms with van der Waals surface area (Å²) in [5, 5.41) is 10.9. The molecule has 0 spiro atoms. The van der Waals surface area contributed by atoms with Crippen molar-refractivity contribution in [1.29, 1.82) is 0 Å². The minimum atomic E-state index is -0.820. The Kier molecular flexibility index (Phi) is 4.40. The molecule has 2 rings (SSSR count). The van der Waals surface area contributed by atoms with Crippen LogP contribution in [0.1, 0.15) is 43.0 Å². The molecule has 1 aromatic rings. The molecular weight excluding hydrogens is 277 g/mol. The van der Waals surface area contributed by atoms with Crippen LogP contribution in [0.3, 0.4) is 0 Å². The summed E-state index contributed by atoms with van der Waals surface area (Å²) in [6, 6.07) is 1.96. The maximum absolute atomic E-state index is 14.0. The molecular formula is C14H18FN3O3. The molecule has 21 heavy (non-hydrogen) atoms. The van der Waals surface area contributed by atoms with E-state index >= 15 is 0 Å². The number of amides is 1. The van der Waals surface area contributed by atoms with Gasteiger partial charge in [0.15, 0.2) is 0 Å². The summed E-state index contributed by atoms with van der Waals surface area (Å²) in [6.45, 7) is 2.23. The normalized spacial score (nSPS) is 15.1. The second kappa shape index (κ2) is 6.07. The first kappa shape index (κ1) is 15.2. The lowest BCUT2D eigenvalue weighted by Crippen LogP contribution is -2.39. The molecule has 0 saturated heterocycles. The SMILES string of the molecule is CCN(C(=O)c1c(F)ccc([N+](=O)[O-])c1N)C1CCCC1. The highest BCUT2D eigenvalue weighted by molar-refractivity contribution is 6.01. The Hall–Kier alpha value is -2.18. The van der Waals surface area contributed by atoms with Crippen LogP contribution < -0.4 is 5.73 Å². The number of anilines is 1. The van der Waals surface area contributed by atoms with Crippen molar-refractivity contribution in [3.05, 3.63) is 33.6 Å². The van der Waals surface area contributed by atoms with Gasteiger partial charge in [0.1, 0.15) is 17.1 Å². The minimum Gasteiger partial charge on any atom is -0.392 e. The maximum Gasteiger partial charge on any atom is 0.293 e. The van der Waals surface area contributed by atoms with Gasteiger partial charge in [0.05, 0.1) is 4.92 Å². The van der Waals surface area contributed by atoms with Gasteiger partial charge in [0.2, 0.25) is 0 Å². The van der Waals surface area contributed by atoms with Crippen molar-refractivity contribution in [3.63, 3.8) is 0 Å². The number of nitrogen functional groups attached to an aromatic ring is 1. The molecule has 0 radical (unpaired) electrons. The van der Waals surface area contributed by atoms with Crippen molar-refractivity contribution in [1.82, 2.24) is 4.90 Å². The van der Waals surface area contributed by atoms with E-state index in [-0.39, 0.29) is 6.04 Å². The maximum atomic E-state index is 14.0. The van der Waals surface area contributed by atoms with Gasteiger partial charge in [-0.1, -0.05) is 12.8 Å². The number of nitrogens with zero attached hydrogens (tertiary/aromatic N) is 2. The van der Waals surface area contributed by atoms with E-state index in [1.165, 1.54) is 0 Å². The largest absolute Gasteiger partial charge is 0.392 e. The Bertz CT molecular complexity index is 571. The number of nitro groups is 1. The van der Waals surface area contributed by atoms with Crippen LogP contribution in [0.25, 0.3) is 0 Å². The van der Waals surface area contributed by atoms with Crippen LogP contribution in [0.4, 0.5) is 15.8 Å². The van der Waals surface area contributed by atoms with E-state index in [4.69, 9.17) is 5.73 Å². The quantitative estimate of drug-likeness (QED) is 0.525. The van der Waals surface area contributed by atoms with Crippen LogP contribution in [0.2, 0.25) is 0 Å². The first-order valence-corrected chi connectivity index (χ1v) is 7.00. The summed E-state index contributed by atoms with van der Waals surface area (Å²) >= 11 is 0. The average molecular weight is 295 g/mol. The molecule has 0 aromatic heterocycles. The zero-order valence-electron chi connectivity index (χ0n) is 11.8. The monoisotopic (exact) mass is 295 g/mol. The molecule has 1 aliphatic rings. The number of halogens is 1. The lowest BCUT2D eigenvalue weighted by atomic mass is 10.1. The summed E-state index contributed by atoms with van der Waals surface area (Å²) in [6.07, 6.45) is 3.80. The summed E-state index contributed by atoms with van der Waals surface area (Å²) < 4.78 is 14.0. The minimum absolute atomic E-state index is 0.0561. The number of nitro benzene ring substituents is 1. The zero-order valence-corrected chi connectivity index (χ0v) is 11.8. The van der Waals surface area contributed by atoms with E-state index in [2.05, 4.69) is 0 Å². The Balaban J connectivity index is 2.41. The molecule has 1 amide bonds. The molecule has 0 bridgehead atoms. The molecule has 6 nitrogen and oxygen atoms in total. The number of rotatable bonds is 4. The van der Waals surface area contributed by atoms with E-state index in [9.17, 15) is 19.3 Å². The second-order valence-electron chi connectivity index (χ2n) is 5.14. The molecule has 1 aromatic carbocycles. The van der Waals surface area contributed by atoms with E-state index in [1.54, 1.807) is 4.90 Å². The Morgan fingerprint density at radius 2 is 2.10 bits per heavy atom. The van der Waals surface area contributed by atoms with Crippen LogP contribution >= 0.6 is 0 Å². The van der Waals surface area contributed by atoms with E-state index in [0.29, 0.717) is 6.54 Å². The van der Waals surface area contributed by atoms with Crippen LogP contribution in [0.5, 0.6) is 0 Å². The van der Waals surface area contributed by atoms with Gasteiger partial charge < -0.3 is 10.6 Å². The third-order valence-corrected chi connectivity index (χ3v) is 3.95. The Labute approximate surface area is 121 Å². The Morgan fingerprint density at radius 1 is 1.48 bits per heavy atom. The van der Waals surface area contributed by atoms with Gasteiger partial charge in [-0.25, -0.2) is 4.39 Å². The second-order valence-corrected chi connectivity index (χ2v) is 5.14. The standard InChI is InChI=1S/C14H18FN3O3/c1-2-17(9-5-3-4-6-9)14(19)12-10(15)7-8-11(13(12)16)18(20)21/h7-9H,2-6,16H2,1H3. The molecule has 0 atom stereocenters. The van der Waals surface area contributed by atoms with Crippen LogP contribution in [0, 0.1) is 15.9 Å². The zero-order chi connectivity index (χ0) is 15.6. The number of nitrogens with two attached hydrogens (primary N) is 1. The van der Waals surface area contributed by atoms with Crippen molar-refractivity contribution in [2.24, 2.45) is 0 Å². The van der Waals surface area contributed by atoms with Crippen LogP contribution in [-0.4, -0.2) is 28.3 Å². The van der Waals surface area contributed by atoms with Gasteiger partial charge in [-0.2, -0.15) is 0 Å². The van der Waals surface area contributed by atoms with E-state index in [0.717, 1.165) is 37.8 Å². The highest BCUT2D eigenvalue weighted by Gasteiger charge is 2.31. The number of carbonyl (C=O) groups excluding carboxylic acids is 1. The lowest BCUT2D eigenvalue weighted by molar-refractivity contribution is -0.384. The van der Waals surface area contributed by atoms with E-state index in [1.807, 2.05) is 6.92 Å². The van der Waals surface area contributed by atoms with Crippen LogP contribution in [-0.2, 0) is 0 Å². The third-order valence-electron chi connectivity index (χ3n) is 3.95. The van der Waals surface area contributed by atoms with Crippen molar-refractivity contribution in [2.45, 2.75) is 38.6 Å². The average Bonchev–Trinajstić information content (AvgIpc) is 2.93. The van der Waals surface area contributed by atoms with Gasteiger partial charge >= 0.3 is 0 Å². The first-order valence-electron chi connectivity index (χ1n) is 7.00. The summed E-state index contributed by atoms with van der Waals surface area (Å²) in [7, 11) is 0. The molecule has 114 valence electrons. The van der Waals surface area contributed by atoms with Gasteiger partial charge in [0.25, 0.3) is 11.6 Å². The molecule has 1 saturated carbocycles. The number of carbonyl (C=O) groups is 1. The van der Waals surface area contributed by atoms with Crippen molar-refractivity contribution < 1.29 is 14.1 Å². The highest BCUT2D eigenvalue weighted by atomic mass is 19.1. The summed E-state index contributed by atoms with van der Waals surface area (Å²) in [4.78, 5) is 24.3. The van der Waals surface area contributed by atoms with E-state index < -0.39 is 33.6 Å². The number of hydrogen-bond donors (Lipinski definition) is 1. The fraction of sp³-hybridized carbons (Fsp3) is 0.500. The summed E-state index contributed by atoms with van der Waals surface area (Å²) in [5.74, 6) is -1.39. The number of hydrogen-bond acceptors (Lipinski definition) is 4. The van der Waals surface area contributed by atoms with Gasteiger partial charge in [-0.05, 0) is 25.8 Å². The smallest absolute Gasteiger partial charge is 0.293 e. The molecule has 1 aliphatic carbocycles. The predicted molar refractivity (Wildman–Crippen MR) is 76.4 cm³/mol. The summed E-state index contributed by atoms with van der Waals surface area (Å²) in [5.41, 5.74) is 4.41. The van der Waals surface area contributed by atoms with Gasteiger partial charge in [-0.3, -0.25) is 14.9 Å². The highest BCUT2D eigenvalue weighted by Crippen LogP contribution is 2.31. The fourth-order valence-corrected chi connectivity index (χ4v) is 2.89. The molecule has 7 heteroatoms. The molecule has 0 heterocycles. The van der Waals surface area contributed by atoms with Gasteiger partial charge in [-0.15, -0.1) is 0 Å². The molecule has 0 unspecified atom stereocenters. The first-order chi connectivity index (χ1) is 9.97. The topological polar surface area (TPSA) is 89.5 Å². The molecule has 1 fully saturated rings.